The fourth-order valence-electron chi connectivity index (χ4n) is 1.55. The first-order valence-electron chi connectivity index (χ1n) is 5.30. The van der Waals surface area contributed by atoms with Gasteiger partial charge in [0.2, 0.25) is 5.91 Å². The Morgan fingerprint density at radius 1 is 1.31 bits per heavy atom. The molecule has 0 spiro atoms. The van der Waals surface area contributed by atoms with Gasteiger partial charge in [0, 0.05) is 18.2 Å². The Hall–Kier alpha value is -1.39. The maximum Gasteiger partial charge on any atom is 0.248 e. The molecule has 0 saturated carbocycles. The van der Waals surface area contributed by atoms with Crippen molar-refractivity contribution in [2.45, 2.75) is 12.5 Å². The second-order valence-corrected chi connectivity index (χ2v) is 4.12. The van der Waals surface area contributed by atoms with E-state index in [0.29, 0.717) is 18.2 Å². The topological polar surface area (TPSA) is 72.3 Å². The Labute approximate surface area is 96.2 Å². The predicted octanol–water partition coefficient (Wildman–Crippen LogP) is 0.217. The molecule has 4 nitrogen and oxygen atoms in total. The predicted molar refractivity (Wildman–Crippen MR) is 65.2 cm³/mol. The molecule has 88 valence electrons. The van der Waals surface area contributed by atoms with Crippen molar-refractivity contribution in [2.75, 3.05) is 20.6 Å². The van der Waals surface area contributed by atoms with Crippen LogP contribution in [0, 0.1) is 0 Å². The Balaban J connectivity index is 2.71. The molecule has 0 aliphatic rings. The lowest BCUT2D eigenvalue weighted by atomic mass is 10.0. The van der Waals surface area contributed by atoms with Gasteiger partial charge < -0.3 is 16.4 Å². The van der Waals surface area contributed by atoms with Gasteiger partial charge >= 0.3 is 0 Å². The molecule has 1 amide bonds. The third-order valence-corrected chi connectivity index (χ3v) is 2.71. The average molecular weight is 221 g/mol. The monoisotopic (exact) mass is 221 g/mol. The van der Waals surface area contributed by atoms with Crippen LogP contribution in [-0.4, -0.2) is 37.5 Å². The Morgan fingerprint density at radius 2 is 1.88 bits per heavy atom. The molecule has 1 atom stereocenters. The van der Waals surface area contributed by atoms with Gasteiger partial charge in [-0.2, -0.15) is 0 Å². The summed E-state index contributed by atoms with van der Waals surface area (Å²) in [6.07, 6.45) is 0.878. The summed E-state index contributed by atoms with van der Waals surface area (Å²) in [5, 5.41) is 0. The van der Waals surface area contributed by atoms with Gasteiger partial charge in [-0.1, -0.05) is 12.1 Å². The van der Waals surface area contributed by atoms with Gasteiger partial charge in [-0.3, -0.25) is 4.79 Å². The highest BCUT2D eigenvalue weighted by atomic mass is 16.1. The van der Waals surface area contributed by atoms with Gasteiger partial charge in [0.25, 0.3) is 0 Å². The number of benzene rings is 1. The van der Waals surface area contributed by atoms with Gasteiger partial charge in [0.15, 0.2) is 0 Å². The molecule has 0 radical (unpaired) electrons. The zero-order chi connectivity index (χ0) is 12.1. The Kier molecular flexibility index (Phi) is 4.46. The van der Waals surface area contributed by atoms with Crippen LogP contribution in [0.1, 0.15) is 15.9 Å². The van der Waals surface area contributed by atoms with E-state index in [2.05, 4.69) is 4.90 Å². The number of likely N-dealkylation sites (N-methyl/N-ethyl adjacent to an activating group) is 1. The fourth-order valence-corrected chi connectivity index (χ4v) is 1.55. The number of rotatable bonds is 5. The van der Waals surface area contributed by atoms with E-state index in [0.717, 1.165) is 12.0 Å². The zero-order valence-corrected chi connectivity index (χ0v) is 9.81. The average Bonchev–Trinajstić information content (AvgIpc) is 2.26. The van der Waals surface area contributed by atoms with E-state index >= 15 is 0 Å². The number of nitrogens with two attached hydrogens (primary N) is 2. The molecule has 4 N–H and O–H groups in total. The molecule has 0 bridgehead atoms. The van der Waals surface area contributed by atoms with Gasteiger partial charge in [-0.25, -0.2) is 0 Å². The maximum atomic E-state index is 10.9. The second-order valence-electron chi connectivity index (χ2n) is 4.12. The van der Waals surface area contributed by atoms with E-state index in [1.807, 2.05) is 26.2 Å². The smallest absolute Gasteiger partial charge is 0.248 e. The van der Waals surface area contributed by atoms with E-state index in [4.69, 9.17) is 11.5 Å². The lowest BCUT2D eigenvalue weighted by Gasteiger charge is -2.22. The van der Waals surface area contributed by atoms with Crippen molar-refractivity contribution in [1.82, 2.24) is 4.90 Å². The van der Waals surface area contributed by atoms with Gasteiger partial charge in [0.1, 0.15) is 0 Å². The maximum absolute atomic E-state index is 10.9. The highest BCUT2D eigenvalue weighted by Gasteiger charge is 2.10. The summed E-state index contributed by atoms with van der Waals surface area (Å²) in [4.78, 5) is 13.0. The molecule has 0 fully saturated rings. The number of hydrogen-bond acceptors (Lipinski definition) is 3. The molecule has 1 rings (SSSR count). The zero-order valence-electron chi connectivity index (χ0n) is 9.81. The SMILES string of the molecule is CN(C)C(CN)Cc1ccc(C(N)=O)cc1. The number of primary amides is 1. The highest BCUT2D eigenvalue weighted by molar-refractivity contribution is 5.92. The molecular formula is C12H19N3O. The molecule has 4 heteroatoms. The third kappa shape index (κ3) is 3.32. The number of nitrogens with zero attached hydrogens (tertiary/aromatic N) is 1. The molecule has 0 aliphatic carbocycles. The third-order valence-electron chi connectivity index (χ3n) is 2.71. The lowest BCUT2D eigenvalue weighted by molar-refractivity contribution is 0.100. The molecular weight excluding hydrogens is 202 g/mol. The van der Waals surface area contributed by atoms with E-state index in [1.54, 1.807) is 12.1 Å². The molecule has 1 aromatic rings. The van der Waals surface area contributed by atoms with Crippen molar-refractivity contribution < 1.29 is 4.79 Å². The molecule has 1 unspecified atom stereocenters. The largest absolute Gasteiger partial charge is 0.366 e. The lowest BCUT2D eigenvalue weighted by Crippen LogP contribution is -2.36. The minimum absolute atomic E-state index is 0.319. The van der Waals surface area contributed by atoms with E-state index in [1.165, 1.54) is 0 Å². The standard InChI is InChI=1S/C12H19N3O/c1-15(2)11(8-13)7-9-3-5-10(6-4-9)12(14)16/h3-6,11H,7-8,13H2,1-2H3,(H2,14,16). The van der Waals surface area contributed by atoms with Crippen LogP contribution in [0.25, 0.3) is 0 Å². The second kappa shape index (κ2) is 5.63. The Bertz CT molecular complexity index is 346. The van der Waals surface area contributed by atoms with Gasteiger partial charge in [-0.15, -0.1) is 0 Å². The first kappa shape index (κ1) is 12.7. The molecule has 1 aromatic carbocycles. The van der Waals surface area contributed by atoms with Crippen molar-refractivity contribution in [3.63, 3.8) is 0 Å². The number of amides is 1. The quantitative estimate of drug-likeness (QED) is 0.747. The molecule has 0 saturated heterocycles. The van der Waals surface area contributed by atoms with Crippen molar-refractivity contribution >= 4 is 5.91 Å². The summed E-state index contributed by atoms with van der Waals surface area (Å²) in [6, 6.07) is 7.67. The molecule has 0 aromatic heterocycles. The van der Waals surface area contributed by atoms with Crippen molar-refractivity contribution in [1.29, 1.82) is 0 Å². The van der Waals surface area contributed by atoms with E-state index in [9.17, 15) is 4.79 Å². The van der Waals surface area contributed by atoms with E-state index < -0.39 is 5.91 Å². The normalized spacial score (nSPS) is 12.8. The van der Waals surface area contributed by atoms with Crippen LogP contribution in [-0.2, 0) is 6.42 Å². The minimum atomic E-state index is -0.394. The van der Waals surface area contributed by atoms with Crippen LogP contribution in [0.3, 0.4) is 0 Å². The molecule has 0 aliphatic heterocycles. The van der Waals surface area contributed by atoms with Crippen LogP contribution in [0.5, 0.6) is 0 Å². The summed E-state index contributed by atoms with van der Waals surface area (Å²) in [7, 11) is 4.02. The van der Waals surface area contributed by atoms with Crippen LogP contribution >= 0.6 is 0 Å². The number of carbonyl (C=O) groups excluding carboxylic acids is 1. The van der Waals surface area contributed by atoms with Gasteiger partial charge in [0.05, 0.1) is 0 Å². The summed E-state index contributed by atoms with van der Waals surface area (Å²) in [6.45, 7) is 0.616. The van der Waals surface area contributed by atoms with Crippen LogP contribution in [0.15, 0.2) is 24.3 Å². The van der Waals surface area contributed by atoms with Crippen LogP contribution in [0.2, 0.25) is 0 Å². The molecule has 0 heterocycles. The highest BCUT2D eigenvalue weighted by Crippen LogP contribution is 2.08. The summed E-state index contributed by atoms with van der Waals surface area (Å²) >= 11 is 0. The van der Waals surface area contributed by atoms with Crippen LogP contribution in [0.4, 0.5) is 0 Å². The molecule has 16 heavy (non-hydrogen) atoms. The van der Waals surface area contributed by atoms with Crippen molar-refractivity contribution in [2.24, 2.45) is 11.5 Å². The minimum Gasteiger partial charge on any atom is -0.366 e. The Morgan fingerprint density at radius 3 is 2.25 bits per heavy atom. The summed E-state index contributed by atoms with van der Waals surface area (Å²) < 4.78 is 0. The van der Waals surface area contributed by atoms with Crippen LogP contribution < -0.4 is 11.5 Å². The van der Waals surface area contributed by atoms with Gasteiger partial charge in [-0.05, 0) is 38.2 Å². The first-order valence-corrected chi connectivity index (χ1v) is 5.30. The number of carbonyl (C=O) groups is 1. The summed E-state index contributed by atoms with van der Waals surface area (Å²) in [5.41, 5.74) is 12.6. The first-order chi connectivity index (χ1) is 7.54. The number of hydrogen-bond donors (Lipinski definition) is 2. The van der Waals surface area contributed by atoms with E-state index in [-0.39, 0.29) is 0 Å². The summed E-state index contributed by atoms with van der Waals surface area (Å²) in [5.74, 6) is -0.394. The fraction of sp³-hybridized carbons (Fsp3) is 0.417. The van der Waals surface area contributed by atoms with Crippen molar-refractivity contribution in [3.8, 4) is 0 Å². The van der Waals surface area contributed by atoms with Crippen molar-refractivity contribution in [3.05, 3.63) is 35.4 Å².